The number of amides is 1. The Morgan fingerprint density at radius 2 is 2.08 bits per heavy atom. The molecule has 25 heavy (non-hydrogen) atoms. The number of benzene rings is 1. The first kappa shape index (κ1) is 14.7. The van der Waals surface area contributed by atoms with Crippen LogP contribution in [-0.2, 0) is 10.4 Å². The number of likely N-dealkylation sites (tertiary alicyclic amines) is 1. The van der Waals surface area contributed by atoms with Crippen molar-refractivity contribution in [2.24, 2.45) is 5.92 Å². The standard InChI is InChI=1S/C17H18N4O4/c22-16(21-8-17(23,9-21)15-7-18-20-19-15)12-6-11(12)10-1-2-13-14(5-10)25-4-3-24-13/h1-2,5,7,11-12,23H,3-4,6,8-9H2,(H,18,19,20). The normalized spacial score (nSPS) is 26.0. The van der Waals surface area contributed by atoms with Crippen molar-refractivity contribution in [3.63, 3.8) is 0 Å². The van der Waals surface area contributed by atoms with Crippen LogP contribution in [0.2, 0.25) is 0 Å². The zero-order valence-corrected chi connectivity index (χ0v) is 13.5. The predicted octanol–water partition coefficient (Wildman–Crippen LogP) is 0.409. The summed E-state index contributed by atoms with van der Waals surface area (Å²) >= 11 is 0. The van der Waals surface area contributed by atoms with Crippen LogP contribution in [0.5, 0.6) is 11.5 Å². The van der Waals surface area contributed by atoms with Crippen molar-refractivity contribution in [3.05, 3.63) is 35.7 Å². The van der Waals surface area contributed by atoms with E-state index >= 15 is 0 Å². The molecule has 0 spiro atoms. The lowest BCUT2D eigenvalue weighted by Crippen LogP contribution is -2.61. The van der Waals surface area contributed by atoms with E-state index in [0.29, 0.717) is 18.9 Å². The molecule has 2 unspecified atom stereocenters. The Kier molecular flexibility index (Phi) is 3.05. The molecule has 1 amide bonds. The van der Waals surface area contributed by atoms with Gasteiger partial charge in [0.25, 0.3) is 0 Å². The number of nitrogens with zero attached hydrogens (tertiary/aromatic N) is 3. The van der Waals surface area contributed by atoms with Gasteiger partial charge in [0.2, 0.25) is 5.91 Å². The fourth-order valence-corrected chi connectivity index (χ4v) is 3.69. The first-order valence-corrected chi connectivity index (χ1v) is 8.41. The van der Waals surface area contributed by atoms with Crippen molar-refractivity contribution in [2.75, 3.05) is 26.3 Å². The fraction of sp³-hybridized carbons (Fsp3) is 0.471. The number of hydrogen-bond donors (Lipinski definition) is 2. The van der Waals surface area contributed by atoms with Gasteiger partial charge in [-0.15, -0.1) is 0 Å². The third kappa shape index (κ3) is 2.36. The molecule has 8 heteroatoms. The molecule has 1 aromatic heterocycles. The second-order valence-corrected chi connectivity index (χ2v) is 6.93. The van der Waals surface area contributed by atoms with E-state index in [1.807, 2.05) is 18.2 Å². The molecule has 2 atom stereocenters. The van der Waals surface area contributed by atoms with Crippen LogP contribution in [0.15, 0.2) is 24.4 Å². The third-order valence-corrected chi connectivity index (χ3v) is 5.21. The van der Waals surface area contributed by atoms with Crippen molar-refractivity contribution in [2.45, 2.75) is 17.9 Å². The number of aromatic amines is 1. The molecule has 1 saturated heterocycles. The Morgan fingerprint density at radius 3 is 2.84 bits per heavy atom. The Labute approximate surface area is 143 Å². The van der Waals surface area contributed by atoms with Crippen LogP contribution in [0.3, 0.4) is 0 Å². The molecule has 0 radical (unpaired) electrons. The molecule has 1 saturated carbocycles. The summed E-state index contributed by atoms with van der Waals surface area (Å²) in [4.78, 5) is 14.3. The Balaban J connectivity index is 1.24. The van der Waals surface area contributed by atoms with Gasteiger partial charge in [-0.3, -0.25) is 4.79 Å². The summed E-state index contributed by atoms with van der Waals surface area (Å²) < 4.78 is 11.2. The highest BCUT2D eigenvalue weighted by atomic mass is 16.6. The number of nitrogens with one attached hydrogen (secondary N) is 1. The number of aliphatic hydroxyl groups is 1. The average molecular weight is 342 g/mol. The second kappa shape index (κ2) is 5.19. The van der Waals surface area contributed by atoms with Crippen LogP contribution < -0.4 is 9.47 Å². The average Bonchev–Trinajstić information content (AvgIpc) is 3.22. The lowest BCUT2D eigenvalue weighted by Gasteiger charge is -2.45. The number of H-pyrrole nitrogens is 1. The van der Waals surface area contributed by atoms with Crippen LogP contribution >= 0.6 is 0 Å². The van der Waals surface area contributed by atoms with Crippen LogP contribution in [0.1, 0.15) is 23.6 Å². The first-order chi connectivity index (χ1) is 12.1. The molecular formula is C17H18N4O4. The summed E-state index contributed by atoms with van der Waals surface area (Å²) in [6, 6.07) is 5.90. The maximum atomic E-state index is 12.6. The summed E-state index contributed by atoms with van der Waals surface area (Å²) in [5.41, 5.74) is 0.509. The van der Waals surface area contributed by atoms with Crippen molar-refractivity contribution in [3.8, 4) is 11.5 Å². The van der Waals surface area contributed by atoms with Gasteiger partial charge in [0.15, 0.2) is 11.5 Å². The van der Waals surface area contributed by atoms with E-state index in [1.165, 1.54) is 6.20 Å². The molecule has 2 fully saturated rings. The maximum Gasteiger partial charge on any atom is 0.226 e. The van der Waals surface area contributed by atoms with Crippen LogP contribution in [0.25, 0.3) is 0 Å². The van der Waals surface area contributed by atoms with Gasteiger partial charge in [-0.1, -0.05) is 6.07 Å². The summed E-state index contributed by atoms with van der Waals surface area (Å²) in [7, 11) is 0. The van der Waals surface area contributed by atoms with Gasteiger partial charge in [-0.25, -0.2) is 0 Å². The van der Waals surface area contributed by atoms with Gasteiger partial charge in [0, 0.05) is 5.92 Å². The molecule has 8 nitrogen and oxygen atoms in total. The van der Waals surface area contributed by atoms with Crippen molar-refractivity contribution >= 4 is 5.91 Å². The summed E-state index contributed by atoms with van der Waals surface area (Å²) in [5.74, 6) is 1.80. The zero-order chi connectivity index (χ0) is 17.0. The predicted molar refractivity (Wildman–Crippen MR) is 85.1 cm³/mol. The minimum atomic E-state index is -1.08. The van der Waals surface area contributed by atoms with Crippen molar-refractivity contribution < 1.29 is 19.4 Å². The molecule has 130 valence electrons. The summed E-state index contributed by atoms with van der Waals surface area (Å²) in [6.45, 7) is 1.66. The molecule has 2 N–H and O–H groups in total. The maximum absolute atomic E-state index is 12.6. The highest BCUT2D eigenvalue weighted by Crippen LogP contribution is 2.51. The molecule has 1 aromatic carbocycles. The molecule has 3 heterocycles. The molecule has 0 bridgehead atoms. The van der Waals surface area contributed by atoms with Gasteiger partial charge in [-0.2, -0.15) is 15.4 Å². The van der Waals surface area contributed by atoms with E-state index in [2.05, 4.69) is 15.4 Å². The van der Waals surface area contributed by atoms with Gasteiger partial charge in [0.1, 0.15) is 24.5 Å². The zero-order valence-electron chi connectivity index (χ0n) is 13.5. The quantitative estimate of drug-likeness (QED) is 0.838. The van der Waals surface area contributed by atoms with E-state index < -0.39 is 5.60 Å². The van der Waals surface area contributed by atoms with Crippen molar-refractivity contribution in [1.82, 2.24) is 20.3 Å². The van der Waals surface area contributed by atoms with E-state index in [-0.39, 0.29) is 30.8 Å². The van der Waals surface area contributed by atoms with Gasteiger partial charge < -0.3 is 19.5 Å². The number of rotatable bonds is 3. The van der Waals surface area contributed by atoms with E-state index in [9.17, 15) is 9.90 Å². The van der Waals surface area contributed by atoms with Gasteiger partial charge >= 0.3 is 0 Å². The molecule has 5 rings (SSSR count). The Bertz CT molecular complexity index is 816. The van der Waals surface area contributed by atoms with Crippen LogP contribution in [-0.4, -0.2) is 57.6 Å². The number of aromatic nitrogens is 3. The largest absolute Gasteiger partial charge is 0.486 e. The number of carbonyl (C=O) groups excluding carboxylic acids is 1. The number of carbonyl (C=O) groups is 1. The molecule has 2 aliphatic heterocycles. The van der Waals surface area contributed by atoms with E-state index in [4.69, 9.17) is 9.47 Å². The lowest BCUT2D eigenvalue weighted by molar-refractivity contribution is -0.159. The monoisotopic (exact) mass is 342 g/mol. The second-order valence-electron chi connectivity index (χ2n) is 6.93. The third-order valence-electron chi connectivity index (χ3n) is 5.21. The fourth-order valence-electron chi connectivity index (χ4n) is 3.69. The molecule has 1 aliphatic carbocycles. The van der Waals surface area contributed by atoms with Crippen LogP contribution in [0, 0.1) is 5.92 Å². The smallest absolute Gasteiger partial charge is 0.226 e. The topological polar surface area (TPSA) is 101 Å². The number of hydrogen-bond acceptors (Lipinski definition) is 6. The minimum Gasteiger partial charge on any atom is -0.486 e. The van der Waals surface area contributed by atoms with E-state index in [0.717, 1.165) is 23.5 Å². The lowest BCUT2D eigenvalue weighted by atomic mass is 9.90. The number of ether oxygens (including phenoxy) is 2. The number of fused-ring (bicyclic) bond motifs is 1. The Morgan fingerprint density at radius 1 is 1.28 bits per heavy atom. The van der Waals surface area contributed by atoms with Gasteiger partial charge in [-0.05, 0) is 30.0 Å². The molecular weight excluding hydrogens is 324 g/mol. The minimum absolute atomic E-state index is 0.0237. The van der Waals surface area contributed by atoms with Crippen molar-refractivity contribution in [1.29, 1.82) is 0 Å². The van der Waals surface area contributed by atoms with Gasteiger partial charge in [0.05, 0.1) is 19.3 Å². The highest BCUT2D eigenvalue weighted by Gasteiger charge is 2.53. The molecule has 2 aromatic rings. The summed E-state index contributed by atoms with van der Waals surface area (Å²) in [5, 5.41) is 20.6. The highest BCUT2D eigenvalue weighted by molar-refractivity contribution is 5.84. The van der Waals surface area contributed by atoms with E-state index in [1.54, 1.807) is 4.90 Å². The first-order valence-electron chi connectivity index (χ1n) is 8.41. The summed E-state index contributed by atoms with van der Waals surface area (Å²) in [6.07, 6.45) is 2.33. The molecule has 3 aliphatic rings. The van der Waals surface area contributed by atoms with Crippen LogP contribution in [0.4, 0.5) is 0 Å². The Hall–Kier alpha value is -2.61. The number of β-amino-alcohol motifs (C(OH)–C–C–N with tert-alkyl or cyclic N) is 1. The SMILES string of the molecule is O=C(C1CC1c1ccc2c(c1)OCCO2)N1CC(O)(c2cn[nH]n2)C1.